The topological polar surface area (TPSA) is 75.6 Å². The first-order valence-corrected chi connectivity index (χ1v) is 6.94. The third-order valence-electron chi connectivity index (χ3n) is 2.42. The maximum atomic E-state index is 11.5. The zero-order valence-electron chi connectivity index (χ0n) is 10.6. The minimum Gasteiger partial charge on any atom is -0.480 e. The summed E-state index contributed by atoms with van der Waals surface area (Å²) in [4.78, 5) is 22.4. The highest BCUT2D eigenvalue weighted by Crippen LogP contribution is 2.03. The number of aliphatic carboxylic acids is 1. The molecule has 0 rings (SSSR count). The van der Waals surface area contributed by atoms with Crippen LogP contribution < -0.4 is 5.32 Å². The second kappa shape index (κ2) is 9.30. The number of carboxylic acids is 1. The first-order valence-electron chi connectivity index (χ1n) is 5.55. The van der Waals surface area contributed by atoms with Gasteiger partial charge in [-0.25, -0.2) is 4.79 Å². The molecule has 100 valence electrons. The van der Waals surface area contributed by atoms with Crippen molar-refractivity contribution in [3.8, 4) is 0 Å². The van der Waals surface area contributed by atoms with E-state index in [0.717, 1.165) is 0 Å². The molecule has 6 heteroatoms. The van der Waals surface area contributed by atoms with Gasteiger partial charge < -0.3 is 15.2 Å². The van der Waals surface area contributed by atoms with E-state index < -0.39 is 12.0 Å². The van der Waals surface area contributed by atoms with E-state index in [4.69, 9.17) is 9.84 Å². The maximum Gasteiger partial charge on any atom is 0.326 e. The molecule has 0 heterocycles. The zero-order chi connectivity index (χ0) is 13.3. The second-order valence-corrected chi connectivity index (χ2v) is 4.81. The SMILES string of the molecule is COC(C)CCC(=O)N[C@@H](CCSC)C(=O)O. The van der Waals surface area contributed by atoms with Crippen LogP contribution in [-0.4, -0.2) is 48.2 Å². The van der Waals surface area contributed by atoms with E-state index in [-0.39, 0.29) is 18.4 Å². The molecule has 2 atom stereocenters. The number of rotatable bonds is 9. The van der Waals surface area contributed by atoms with Gasteiger partial charge >= 0.3 is 5.97 Å². The van der Waals surface area contributed by atoms with Crippen molar-refractivity contribution in [2.24, 2.45) is 0 Å². The van der Waals surface area contributed by atoms with Crippen LogP contribution in [0, 0.1) is 0 Å². The van der Waals surface area contributed by atoms with Crippen LogP contribution in [0.25, 0.3) is 0 Å². The van der Waals surface area contributed by atoms with Gasteiger partial charge in [0, 0.05) is 13.5 Å². The summed E-state index contributed by atoms with van der Waals surface area (Å²) in [6.45, 7) is 1.87. The van der Waals surface area contributed by atoms with Gasteiger partial charge in [-0.1, -0.05) is 0 Å². The first kappa shape index (κ1) is 16.2. The van der Waals surface area contributed by atoms with Crippen molar-refractivity contribution in [3.63, 3.8) is 0 Å². The Kier molecular flexibility index (Phi) is 8.89. The Morgan fingerprint density at radius 2 is 2.06 bits per heavy atom. The van der Waals surface area contributed by atoms with Crippen LogP contribution in [0.4, 0.5) is 0 Å². The summed E-state index contributed by atoms with van der Waals surface area (Å²) in [7, 11) is 1.58. The number of amides is 1. The van der Waals surface area contributed by atoms with Crippen molar-refractivity contribution >= 4 is 23.6 Å². The monoisotopic (exact) mass is 263 g/mol. The van der Waals surface area contributed by atoms with Crippen LogP contribution in [0.2, 0.25) is 0 Å². The van der Waals surface area contributed by atoms with E-state index in [1.165, 1.54) is 0 Å². The molecule has 0 aromatic carbocycles. The van der Waals surface area contributed by atoms with Gasteiger partial charge in [-0.15, -0.1) is 0 Å². The molecule has 1 amide bonds. The van der Waals surface area contributed by atoms with Crippen molar-refractivity contribution in [1.82, 2.24) is 5.32 Å². The summed E-state index contributed by atoms with van der Waals surface area (Å²) in [5.41, 5.74) is 0. The average Bonchev–Trinajstić information content (AvgIpc) is 2.30. The highest BCUT2D eigenvalue weighted by atomic mass is 32.2. The number of nitrogens with one attached hydrogen (secondary N) is 1. The molecule has 0 saturated carbocycles. The largest absolute Gasteiger partial charge is 0.480 e. The van der Waals surface area contributed by atoms with Crippen LogP contribution in [0.15, 0.2) is 0 Å². The van der Waals surface area contributed by atoms with Gasteiger partial charge in [0.05, 0.1) is 6.10 Å². The molecule has 0 bridgehead atoms. The highest BCUT2D eigenvalue weighted by Gasteiger charge is 2.19. The van der Waals surface area contributed by atoms with Crippen LogP contribution in [0.3, 0.4) is 0 Å². The Morgan fingerprint density at radius 3 is 2.53 bits per heavy atom. The molecule has 0 aromatic rings. The van der Waals surface area contributed by atoms with Crippen molar-refractivity contribution in [2.45, 2.75) is 38.3 Å². The minimum absolute atomic E-state index is 0.00947. The molecule has 0 spiro atoms. The van der Waals surface area contributed by atoms with E-state index in [2.05, 4.69) is 5.32 Å². The molecule has 0 fully saturated rings. The average molecular weight is 263 g/mol. The van der Waals surface area contributed by atoms with Gasteiger partial charge in [0.1, 0.15) is 6.04 Å². The van der Waals surface area contributed by atoms with E-state index in [1.54, 1.807) is 18.9 Å². The van der Waals surface area contributed by atoms with E-state index >= 15 is 0 Å². The summed E-state index contributed by atoms with van der Waals surface area (Å²) < 4.78 is 5.02. The maximum absolute atomic E-state index is 11.5. The van der Waals surface area contributed by atoms with E-state index in [1.807, 2.05) is 13.2 Å². The third-order valence-corrected chi connectivity index (χ3v) is 3.07. The molecule has 0 radical (unpaired) electrons. The normalized spacial score (nSPS) is 14.1. The molecular weight excluding hydrogens is 242 g/mol. The number of hydrogen-bond donors (Lipinski definition) is 2. The summed E-state index contributed by atoms with van der Waals surface area (Å²) in [5.74, 6) is -0.499. The Morgan fingerprint density at radius 1 is 1.41 bits per heavy atom. The number of hydrogen-bond acceptors (Lipinski definition) is 4. The lowest BCUT2D eigenvalue weighted by atomic mass is 10.2. The second-order valence-electron chi connectivity index (χ2n) is 3.82. The lowest BCUT2D eigenvalue weighted by molar-refractivity contribution is -0.141. The fourth-order valence-corrected chi connectivity index (χ4v) is 1.68. The fraction of sp³-hybridized carbons (Fsp3) is 0.818. The van der Waals surface area contributed by atoms with Crippen molar-refractivity contribution in [3.05, 3.63) is 0 Å². The third kappa shape index (κ3) is 8.04. The fourth-order valence-electron chi connectivity index (χ4n) is 1.21. The van der Waals surface area contributed by atoms with Gasteiger partial charge in [-0.05, 0) is 31.8 Å². The van der Waals surface area contributed by atoms with Crippen LogP contribution in [-0.2, 0) is 14.3 Å². The lowest BCUT2D eigenvalue weighted by Gasteiger charge is -2.14. The van der Waals surface area contributed by atoms with Crippen molar-refractivity contribution in [2.75, 3.05) is 19.1 Å². The number of thioether (sulfide) groups is 1. The van der Waals surface area contributed by atoms with Crippen molar-refractivity contribution in [1.29, 1.82) is 0 Å². The predicted octanol–water partition coefficient (Wildman–Crippen LogP) is 1.12. The molecule has 1 unspecified atom stereocenters. The Hall–Kier alpha value is -0.750. The number of ether oxygens (including phenoxy) is 1. The highest BCUT2D eigenvalue weighted by molar-refractivity contribution is 7.98. The van der Waals surface area contributed by atoms with E-state index in [0.29, 0.717) is 18.6 Å². The zero-order valence-corrected chi connectivity index (χ0v) is 11.4. The van der Waals surface area contributed by atoms with Gasteiger partial charge in [-0.3, -0.25) is 4.79 Å². The molecule has 2 N–H and O–H groups in total. The summed E-state index contributed by atoms with van der Waals surface area (Å²) in [6.07, 6.45) is 3.24. The number of carboxylic acid groups (broad SMARTS) is 1. The molecule has 0 aliphatic heterocycles. The molecule has 5 nitrogen and oxygen atoms in total. The van der Waals surface area contributed by atoms with Crippen LogP contribution >= 0.6 is 11.8 Å². The predicted molar refractivity (Wildman–Crippen MR) is 68.3 cm³/mol. The smallest absolute Gasteiger partial charge is 0.326 e. The Labute approximate surface area is 106 Å². The molecule has 0 aliphatic carbocycles. The molecular formula is C11H21NO4S. The Balaban J connectivity index is 3.99. The minimum atomic E-state index is -0.979. The number of carbonyl (C=O) groups is 2. The number of carbonyl (C=O) groups excluding carboxylic acids is 1. The van der Waals surface area contributed by atoms with E-state index in [9.17, 15) is 9.59 Å². The molecule has 0 aliphatic rings. The van der Waals surface area contributed by atoms with Gasteiger partial charge in [0.25, 0.3) is 0 Å². The van der Waals surface area contributed by atoms with Crippen LogP contribution in [0.5, 0.6) is 0 Å². The summed E-state index contributed by atoms with van der Waals surface area (Å²) >= 11 is 1.56. The first-order chi connectivity index (χ1) is 8.01. The Bertz CT molecular complexity index is 248. The molecule has 17 heavy (non-hydrogen) atoms. The number of methoxy groups -OCH3 is 1. The van der Waals surface area contributed by atoms with Crippen molar-refractivity contribution < 1.29 is 19.4 Å². The van der Waals surface area contributed by atoms with Crippen LogP contribution in [0.1, 0.15) is 26.2 Å². The van der Waals surface area contributed by atoms with Gasteiger partial charge in [-0.2, -0.15) is 11.8 Å². The standard InChI is InChI=1S/C11H21NO4S/c1-8(16-2)4-5-10(13)12-9(11(14)15)6-7-17-3/h8-9H,4-7H2,1-3H3,(H,12,13)(H,14,15)/t8?,9-/m0/s1. The quantitative estimate of drug-likeness (QED) is 0.652. The molecule has 0 saturated heterocycles. The summed E-state index contributed by atoms with van der Waals surface area (Å²) in [5, 5.41) is 11.4. The molecule has 0 aromatic heterocycles. The lowest BCUT2D eigenvalue weighted by Crippen LogP contribution is -2.41. The summed E-state index contributed by atoms with van der Waals surface area (Å²) in [6, 6.07) is -0.784. The van der Waals surface area contributed by atoms with Gasteiger partial charge in [0.2, 0.25) is 5.91 Å². The van der Waals surface area contributed by atoms with Gasteiger partial charge in [0.15, 0.2) is 0 Å².